The van der Waals surface area contributed by atoms with Crippen molar-refractivity contribution in [1.82, 2.24) is 15.1 Å². The van der Waals surface area contributed by atoms with Gasteiger partial charge in [-0.3, -0.25) is 14.6 Å². The Bertz CT molecular complexity index is 744. The highest BCUT2D eigenvalue weighted by Crippen LogP contribution is 2.17. The van der Waals surface area contributed by atoms with Crippen molar-refractivity contribution in [2.24, 2.45) is 0 Å². The molecule has 1 unspecified atom stereocenters. The fraction of sp³-hybridized carbons (Fsp3) is 0.435. The zero-order chi connectivity index (χ0) is 20.5. The van der Waals surface area contributed by atoms with Gasteiger partial charge >= 0.3 is 0 Å². The largest absolute Gasteiger partial charge is 0.497 e. The first-order valence-corrected chi connectivity index (χ1v) is 10.2. The van der Waals surface area contributed by atoms with Crippen molar-refractivity contribution < 1.29 is 14.3 Å². The van der Waals surface area contributed by atoms with Gasteiger partial charge in [0.25, 0.3) is 0 Å². The maximum absolute atomic E-state index is 12.4. The van der Waals surface area contributed by atoms with Gasteiger partial charge in [0, 0.05) is 32.7 Å². The molecule has 1 N–H and O–H groups in total. The second-order valence-electron chi connectivity index (χ2n) is 7.34. The highest BCUT2D eigenvalue weighted by Gasteiger charge is 2.19. The smallest absolute Gasteiger partial charge is 0.234 e. The SMILES string of the molecule is COc1ccc(OCCN2CCN(CC(=O)NC(C)c3ccccc3)CC2)cc1. The summed E-state index contributed by atoms with van der Waals surface area (Å²) in [5.74, 6) is 1.77. The van der Waals surface area contributed by atoms with E-state index in [1.165, 1.54) is 0 Å². The Morgan fingerprint density at radius 1 is 0.966 bits per heavy atom. The van der Waals surface area contributed by atoms with Gasteiger partial charge in [0.2, 0.25) is 5.91 Å². The number of methoxy groups -OCH3 is 1. The van der Waals surface area contributed by atoms with Crippen LogP contribution in [0.1, 0.15) is 18.5 Å². The van der Waals surface area contributed by atoms with E-state index in [2.05, 4.69) is 15.1 Å². The highest BCUT2D eigenvalue weighted by atomic mass is 16.5. The fourth-order valence-electron chi connectivity index (χ4n) is 3.45. The number of benzene rings is 2. The summed E-state index contributed by atoms with van der Waals surface area (Å²) in [6, 6.07) is 17.7. The Labute approximate surface area is 173 Å². The number of amides is 1. The number of rotatable bonds is 9. The third-order valence-electron chi connectivity index (χ3n) is 5.24. The molecule has 0 saturated carbocycles. The molecular formula is C23H31N3O3. The topological polar surface area (TPSA) is 54.0 Å². The molecule has 6 heteroatoms. The molecule has 0 aromatic heterocycles. The van der Waals surface area contributed by atoms with Crippen LogP contribution in [0.5, 0.6) is 11.5 Å². The van der Waals surface area contributed by atoms with Gasteiger partial charge in [-0.2, -0.15) is 0 Å². The molecule has 0 aliphatic carbocycles. The molecule has 0 spiro atoms. The molecular weight excluding hydrogens is 366 g/mol. The first-order valence-electron chi connectivity index (χ1n) is 10.2. The number of hydrogen-bond acceptors (Lipinski definition) is 5. The summed E-state index contributed by atoms with van der Waals surface area (Å²) in [5.41, 5.74) is 1.13. The summed E-state index contributed by atoms with van der Waals surface area (Å²) >= 11 is 0. The molecule has 1 heterocycles. The van der Waals surface area contributed by atoms with Gasteiger partial charge in [-0.1, -0.05) is 30.3 Å². The quantitative estimate of drug-likeness (QED) is 0.705. The first-order chi connectivity index (χ1) is 14.1. The molecule has 3 rings (SSSR count). The zero-order valence-electron chi connectivity index (χ0n) is 17.3. The summed E-state index contributed by atoms with van der Waals surface area (Å²) < 4.78 is 11.0. The number of nitrogens with zero attached hydrogens (tertiary/aromatic N) is 2. The molecule has 1 fully saturated rings. The van der Waals surface area contributed by atoms with Crippen molar-refractivity contribution in [1.29, 1.82) is 0 Å². The summed E-state index contributed by atoms with van der Waals surface area (Å²) in [7, 11) is 1.66. The van der Waals surface area contributed by atoms with Gasteiger partial charge in [0.1, 0.15) is 18.1 Å². The van der Waals surface area contributed by atoms with Crippen molar-refractivity contribution in [2.75, 3.05) is 53.0 Å². The lowest BCUT2D eigenvalue weighted by Gasteiger charge is -2.34. The monoisotopic (exact) mass is 397 g/mol. The molecule has 156 valence electrons. The Balaban J connectivity index is 1.32. The van der Waals surface area contributed by atoms with Gasteiger partial charge in [-0.15, -0.1) is 0 Å². The lowest BCUT2D eigenvalue weighted by molar-refractivity contribution is -0.123. The van der Waals surface area contributed by atoms with E-state index < -0.39 is 0 Å². The normalized spacial score (nSPS) is 16.2. The third kappa shape index (κ3) is 6.76. The molecule has 1 amide bonds. The second kappa shape index (κ2) is 10.8. The van der Waals surface area contributed by atoms with Crippen molar-refractivity contribution in [3.63, 3.8) is 0 Å². The van der Waals surface area contributed by atoms with Gasteiger partial charge in [-0.05, 0) is 36.8 Å². The number of nitrogens with one attached hydrogen (secondary N) is 1. The summed E-state index contributed by atoms with van der Waals surface area (Å²) in [4.78, 5) is 17.0. The van der Waals surface area contributed by atoms with Crippen LogP contribution in [0.15, 0.2) is 54.6 Å². The summed E-state index contributed by atoms with van der Waals surface area (Å²) in [6.45, 7) is 7.71. The number of carbonyl (C=O) groups is 1. The van der Waals surface area contributed by atoms with E-state index in [1.807, 2.05) is 61.5 Å². The lowest BCUT2D eigenvalue weighted by atomic mass is 10.1. The number of ether oxygens (including phenoxy) is 2. The standard InChI is InChI=1S/C23H31N3O3/c1-19(20-6-4-3-5-7-20)24-23(27)18-26-14-12-25(13-15-26)16-17-29-22-10-8-21(28-2)9-11-22/h3-11,19H,12-18H2,1-2H3,(H,24,27). The predicted octanol–water partition coefficient (Wildman–Crippen LogP) is 2.57. The minimum absolute atomic E-state index is 0.0279. The van der Waals surface area contributed by atoms with Crippen LogP contribution >= 0.6 is 0 Å². The van der Waals surface area contributed by atoms with E-state index in [-0.39, 0.29) is 11.9 Å². The Kier molecular flexibility index (Phi) is 7.90. The molecule has 0 bridgehead atoms. The minimum atomic E-state index is 0.0279. The van der Waals surface area contributed by atoms with E-state index in [0.29, 0.717) is 13.2 Å². The van der Waals surface area contributed by atoms with Crippen LogP contribution in [-0.4, -0.2) is 68.7 Å². The number of hydrogen-bond donors (Lipinski definition) is 1. The third-order valence-corrected chi connectivity index (χ3v) is 5.24. The Hall–Kier alpha value is -2.57. The van der Waals surface area contributed by atoms with Gasteiger partial charge in [0.15, 0.2) is 0 Å². The van der Waals surface area contributed by atoms with E-state index in [4.69, 9.17) is 9.47 Å². The second-order valence-corrected chi connectivity index (χ2v) is 7.34. The molecule has 2 aromatic rings. The fourth-order valence-corrected chi connectivity index (χ4v) is 3.45. The van der Waals surface area contributed by atoms with Crippen molar-refractivity contribution in [2.45, 2.75) is 13.0 Å². The first kappa shape index (κ1) is 21.1. The molecule has 6 nitrogen and oxygen atoms in total. The average Bonchev–Trinajstić information content (AvgIpc) is 2.76. The molecule has 1 aliphatic heterocycles. The van der Waals surface area contributed by atoms with E-state index in [0.717, 1.165) is 49.8 Å². The molecule has 1 aliphatic rings. The average molecular weight is 398 g/mol. The van der Waals surface area contributed by atoms with E-state index in [9.17, 15) is 4.79 Å². The molecule has 1 saturated heterocycles. The maximum atomic E-state index is 12.4. The van der Waals surface area contributed by atoms with Crippen LogP contribution in [0.4, 0.5) is 0 Å². The van der Waals surface area contributed by atoms with Crippen LogP contribution in [0, 0.1) is 0 Å². The van der Waals surface area contributed by atoms with Crippen molar-refractivity contribution >= 4 is 5.91 Å². The van der Waals surface area contributed by atoms with E-state index in [1.54, 1.807) is 7.11 Å². The summed E-state index contributed by atoms with van der Waals surface area (Å²) in [6.07, 6.45) is 0. The van der Waals surface area contributed by atoms with Crippen molar-refractivity contribution in [3.8, 4) is 11.5 Å². The van der Waals surface area contributed by atoms with Crippen LogP contribution in [0.3, 0.4) is 0 Å². The van der Waals surface area contributed by atoms with Crippen LogP contribution < -0.4 is 14.8 Å². The highest BCUT2D eigenvalue weighted by molar-refractivity contribution is 5.78. The molecule has 2 aromatic carbocycles. The Morgan fingerprint density at radius 2 is 1.59 bits per heavy atom. The predicted molar refractivity (Wildman–Crippen MR) is 114 cm³/mol. The van der Waals surface area contributed by atoms with Gasteiger partial charge in [0.05, 0.1) is 19.7 Å². The lowest BCUT2D eigenvalue weighted by Crippen LogP contribution is -2.50. The molecule has 0 radical (unpaired) electrons. The number of piperazine rings is 1. The minimum Gasteiger partial charge on any atom is -0.497 e. The maximum Gasteiger partial charge on any atom is 0.234 e. The van der Waals surface area contributed by atoms with Crippen LogP contribution in [0.25, 0.3) is 0 Å². The van der Waals surface area contributed by atoms with E-state index >= 15 is 0 Å². The molecule has 29 heavy (non-hydrogen) atoms. The van der Waals surface area contributed by atoms with Gasteiger partial charge in [-0.25, -0.2) is 0 Å². The summed E-state index contributed by atoms with van der Waals surface area (Å²) in [5, 5.41) is 3.09. The Morgan fingerprint density at radius 3 is 2.24 bits per heavy atom. The van der Waals surface area contributed by atoms with Crippen molar-refractivity contribution in [3.05, 3.63) is 60.2 Å². The van der Waals surface area contributed by atoms with Gasteiger partial charge < -0.3 is 14.8 Å². The zero-order valence-corrected chi connectivity index (χ0v) is 17.3. The molecule has 1 atom stereocenters. The van der Waals surface area contributed by atoms with Crippen LogP contribution in [0.2, 0.25) is 0 Å². The number of carbonyl (C=O) groups excluding carboxylic acids is 1. The van der Waals surface area contributed by atoms with Crippen LogP contribution in [-0.2, 0) is 4.79 Å².